The smallest absolute Gasteiger partial charge is 0.213 e. The van der Waals surface area contributed by atoms with Gasteiger partial charge in [0.25, 0.3) is 0 Å². The molecule has 7 nitrogen and oxygen atoms in total. The topological polar surface area (TPSA) is 102 Å². The molecule has 0 radical (unpaired) electrons. The van der Waals surface area contributed by atoms with Crippen molar-refractivity contribution in [1.82, 2.24) is 14.5 Å². The zero-order valence-corrected chi connectivity index (χ0v) is 9.50. The van der Waals surface area contributed by atoms with Crippen molar-refractivity contribution in [2.24, 2.45) is 7.05 Å². The molecule has 0 bridgehead atoms. The highest BCUT2D eigenvalue weighted by molar-refractivity contribution is 7.89. The zero-order chi connectivity index (χ0) is 11.5. The van der Waals surface area contributed by atoms with Gasteiger partial charge in [0.15, 0.2) is 5.82 Å². The number of rotatable bonds is 5. The van der Waals surface area contributed by atoms with Gasteiger partial charge in [-0.1, -0.05) is 0 Å². The van der Waals surface area contributed by atoms with Crippen LogP contribution < -0.4 is 15.8 Å². The summed E-state index contributed by atoms with van der Waals surface area (Å²) in [7, 11) is -0.0622. The van der Waals surface area contributed by atoms with Crippen LogP contribution in [0, 0.1) is 0 Å². The molecule has 0 aromatic carbocycles. The highest BCUT2D eigenvalue weighted by Gasteiger charge is 2.08. The van der Waals surface area contributed by atoms with E-state index in [2.05, 4.69) is 15.1 Å². The molecule has 0 aliphatic carbocycles. The Bertz CT molecular complexity index is 425. The second-order valence-corrected chi connectivity index (χ2v) is 5.10. The number of nitrogens with one attached hydrogen (secondary N) is 2. The molecule has 0 saturated heterocycles. The van der Waals surface area contributed by atoms with E-state index in [0.717, 1.165) is 0 Å². The summed E-state index contributed by atoms with van der Waals surface area (Å²) in [5, 5.41) is 6.87. The van der Waals surface area contributed by atoms with Gasteiger partial charge >= 0.3 is 0 Å². The SMILES string of the molecule is CNS(=O)(=O)CCNc1nn(C)cc1N. The van der Waals surface area contributed by atoms with Crippen LogP contribution in [0.4, 0.5) is 11.5 Å². The van der Waals surface area contributed by atoms with Gasteiger partial charge in [-0.25, -0.2) is 13.1 Å². The van der Waals surface area contributed by atoms with Gasteiger partial charge in [-0.2, -0.15) is 5.10 Å². The molecule has 0 fully saturated rings. The number of aromatic nitrogens is 2. The number of sulfonamides is 1. The normalized spacial score (nSPS) is 11.6. The third-order valence-corrected chi connectivity index (χ3v) is 3.19. The molecule has 1 heterocycles. The number of aryl methyl sites for hydroxylation is 1. The molecule has 8 heteroatoms. The molecule has 0 aliphatic heterocycles. The lowest BCUT2D eigenvalue weighted by Crippen LogP contribution is -2.26. The second kappa shape index (κ2) is 4.49. The van der Waals surface area contributed by atoms with Crippen LogP contribution in [0.3, 0.4) is 0 Å². The monoisotopic (exact) mass is 233 g/mol. The third-order valence-electron chi connectivity index (χ3n) is 1.83. The minimum absolute atomic E-state index is 0.0144. The van der Waals surface area contributed by atoms with Crippen LogP contribution in [-0.2, 0) is 17.1 Å². The van der Waals surface area contributed by atoms with Crippen molar-refractivity contribution in [2.45, 2.75) is 0 Å². The summed E-state index contributed by atoms with van der Waals surface area (Å²) in [4.78, 5) is 0. The number of hydrogen-bond donors (Lipinski definition) is 3. The average molecular weight is 233 g/mol. The van der Waals surface area contributed by atoms with E-state index in [1.807, 2.05) is 0 Å². The molecular formula is C7H15N5O2S. The molecule has 0 amide bonds. The van der Waals surface area contributed by atoms with Gasteiger partial charge in [0.1, 0.15) is 0 Å². The van der Waals surface area contributed by atoms with E-state index < -0.39 is 10.0 Å². The second-order valence-electron chi connectivity index (χ2n) is 3.06. The molecule has 0 unspecified atom stereocenters. The molecule has 86 valence electrons. The Labute approximate surface area is 88.7 Å². The van der Waals surface area contributed by atoms with Crippen LogP contribution in [0.25, 0.3) is 0 Å². The van der Waals surface area contributed by atoms with Gasteiger partial charge in [-0.3, -0.25) is 4.68 Å². The number of nitrogen functional groups attached to an aromatic ring is 1. The molecule has 0 spiro atoms. The summed E-state index contributed by atoms with van der Waals surface area (Å²) in [6.45, 7) is 0.268. The van der Waals surface area contributed by atoms with E-state index in [4.69, 9.17) is 5.73 Å². The fourth-order valence-corrected chi connectivity index (χ4v) is 1.62. The summed E-state index contributed by atoms with van der Waals surface area (Å²) >= 11 is 0. The maximum atomic E-state index is 11.1. The van der Waals surface area contributed by atoms with E-state index in [-0.39, 0.29) is 12.3 Å². The Morgan fingerprint density at radius 1 is 1.60 bits per heavy atom. The summed E-state index contributed by atoms with van der Waals surface area (Å²) in [6, 6.07) is 0. The Morgan fingerprint density at radius 2 is 2.27 bits per heavy atom. The summed E-state index contributed by atoms with van der Waals surface area (Å²) in [5.74, 6) is 0.489. The van der Waals surface area contributed by atoms with Crippen LogP contribution in [0.2, 0.25) is 0 Å². The molecule has 1 aromatic heterocycles. The van der Waals surface area contributed by atoms with E-state index in [1.165, 1.54) is 7.05 Å². The quantitative estimate of drug-likeness (QED) is 0.603. The summed E-state index contributed by atoms with van der Waals surface area (Å²) < 4.78 is 25.9. The minimum atomic E-state index is -3.18. The maximum Gasteiger partial charge on any atom is 0.213 e. The molecule has 15 heavy (non-hydrogen) atoms. The van der Waals surface area contributed by atoms with Crippen LogP contribution >= 0.6 is 0 Å². The van der Waals surface area contributed by atoms with Crippen LogP contribution in [0.15, 0.2) is 6.20 Å². The van der Waals surface area contributed by atoms with Gasteiger partial charge < -0.3 is 11.1 Å². The molecule has 0 atom stereocenters. The number of hydrogen-bond acceptors (Lipinski definition) is 5. The molecule has 1 aromatic rings. The van der Waals surface area contributed by atoms with Crippen molar-refractivity contribution in [1.29, 1.82) is 0 Å². The average Bonchev–Trinajstić information content (AvgIpc) is 2.45. The van der Waals surface area contributed by atoms with Crippen molar-refractivity contribution in [3.63, 3.8) is 0 Å². The van der Waals surface area contributed by atoms with Crippen molar-refractivity contribution in [3.8, 4) is 0 Å². The first kappa shape index (κ1) is 11.8. The largest absolute Gasteiger partial charge is 0.394 e. The highest BCUT2D eigenvalue weighted by atomic mass is 32.2. The van der Waals surface area contributed by atoms with E-state index in [0.29, 0.717) is 11.5 Å². The molecule has 0 saturated carbocycles. The first-order chi connectivity index (χ1) is 6.94. The number of nitrogens with zero attached hydrogens (tertiary/aromatic N) is 2. The Hall–Kier alpha value is -1.28. The van der Waals surface area contributed by atoms with Crippen molar-refractivity contribution in [2.75, 3.05) is 30.4 Å². The zero-order valence-electron chi connectivity index (χ0n) is 8.69. The molecule has 0 aliphatic rings. The van der Waals surface area contributed by atoms with E-state index in [9.17, 15) is 8.42 Å². The van der Waals surface area contributed by atoms with Gasteiger partial charge in [0.05, 0.1) is 11.4 Å². The Balaban J connectivity index is 2.48. The Morgan fingerprint density at radius 3 is 2.73 bits per heavy atom. The van der Waals surface area contributed by atoms with Gasteiger partial charge in [-0.05, 0) is 7.05 Å². The van der Waals surface area contributed by atoms with Crippen LogP contribution in [-0.4, -0.2) is 37.5 Å². The number of anilines is 2. The van der Waals surface area contributed by atoms with Crippen molar-refractivity contribution < 1.29 is 8.42 Å². The lowest BCUT2D eigenvalue weighted by molar-refractivity contribution is 0.588. The standard InChI is InChI=1S/C7H15N5O2S/c1-9-15(13,14)4-3-10-7-6(8)5-12(2)11-7/h5,9H,3-4,8H2,1-2H3,(H,10,11). The first-order valence-corrected chi connectivity index (χ1v) is 6.04. The van der Waals surface area contributed by atoms with Gasteiger partial charge in [-0.15, -0.1) is 0 Å². The predicted molar refractivity (Wildman–Crippen MR) is 59.0 cm³/mol. The summed E-state index contributed by atoms with van der Waals surface area (Å²) in [5.41, 5.74) is 6.11. The number of nitrogens with two attached hydrogens (primary N) is 1. The lowest BCUT2D eigenvalue weighted by Gasteiger charge is -2.04. The van der Waals surface area contributed by atoms with Gasteiger partial charge in [0, 0.05) is 19.8 Å². The molecule has 4 N–H and O–H groups in total. The lowest BCUT2D eigenvalue weighted by atomic mass is 10.5. The molecule has 1 rings (SSSR count). The summed E-state index contributed by atoms with van der Waals surface area (Å²) in [6.07, 6.45) is 1.65. The Kier molecular flexibility index (Phi) is 3.53. The maximum absolute atomic E-state index is 11.1. The van der Waals surface area contributed by atoms with E-state index >= 15 is 0 Å². The van der Waals surface area contributed by atoms with E-state index in [1.54, 1.807) is 17.9 Å². The van der Waals surface area contributed by atoms with Crippen molar-refractivity contribution >= 4 is 21.5 Å². The fourth-order valence-electron chi connectivity index (χ4n) is 1.05. The van der Waals surface area contributed by atoms with Crippen molar-refractivity contribution in [3.05, 3.63) is 6.20 Å². The van der Waals surface area contributed by atoms with Crippen LogP contribution in [0.5, 0.6) is 0 Å². The third kappa shape index (κ3) is 3.40. The first-order valence-electron chi connectivity index (χ1n) is 4.39. The van der Waals surface area contributed by atoms with Crippen LogP contribution in [0.1, 0.15) is 0 Å². The van der Waals surface area contributed by atoms with Gasteiger partial charge in [0.2, 0.25) is 10.0 Å². The fraction of sp³-hybridized carbons (Fsp3) is 0.571. The molecular weight excluding hydrogens is 218 g/mol. The highest BCUT2D eigenvalue weighted by Crippen LogP contribution is 2.13. The minimum Gasteiger partial charge on any atom is -0.394 e. The predicted octanol–water partition coefficient (Wildman–Crippen LogP) is -1.04.